The Hall–Kier alpha value is -15.4. The van der Waals surface area contributed by atoms with Gasteiger partial charge in [0.15, 0.2) is 0 Å². The summed E-state index contributed by atoms with van der Waals surface area (Å²) >= 11 is 0. The summed E-state index contributed by atoms with van der Waals surface area (Å²) in [7, 11) is 0. The summed E-state index contributed by atoms with van der Waals surface area (Å²) < 4.78 is 12.9. The highest BCUT2D eigenvalue weighted by Gasteiger charge is 2.49. The number of aryl methyl sites for hydroxylation is 2. The van der Waals surface area contributed by atoms with E-state index in [4.69, 9.17) is 9.47 Å². The van der Waals surface area contributed by atoms with E-state index in [9.17, 15) is 0 Å². The van der Waals surface area contributed by atoms with E-state index in [1.165, 1.54) is 185 Å². The minimum absolute atomic E-state index is 0.429. The van der Waals surface area contributed by atoms with Crippen LogP contribution < -0.4 is 19.3 Å². The third-order valence-electron chi connectivity index (χ3n) is 29.9. The average molecular weight is 1800 g/mol. The maximum atomic E-state index is 6.43. The normalized spacial score (nSPS) is 14.4. The maximum absolute atomic E-state index is 6.43. The number of fused-ring (bicyclic) bond motifs is 9. The molecule has 0 saturated heterocycles. The average Bonchev–Trinajstić information content (AvgIpc) is 1.51. The van der Waals surface area contributed by atoms with Crippen LogP contribution in [0.5, 0.6) is 11.5 Å². The quantitative estimate of drug-likeness (QED) is 0.0360. The minimum atomic E-state index is -0.716. The van der Waals surface area contributed by atoms with E-state index in [1.807, 2.05) is 12.2 Å². The van der Waals surface area contributed by atoms with Crippen LogP contribution >= 0.6 is 0 Å². The van der Waals surface area contributed by atoms with Crippen LogP contribution in [0.4, 0.5) is 34.1 Å². The number of ether oxygens (including phenoxy) is 2. The van der Waals surface area contributed by atoms with Crippen LogP contribution in [0.25, 0.3) is 90.0 Å². The van der Waals surface area contributed by atoms with Crippen molar-refractivity contribution < 1.29 is 9.47 Å². The van der Waals surface area contributed by atoms with Gasteiger partial charge in [-0.2, -0.15) is 0 Å². The Morgan fingerprint density at radius 3 is 0.892 bits per heavy atom. The van der Waals surface area contributed by atoms with Crippen LogP contribution in [-0.4, -0.2) is 13.2 Å². The van der Waals surface area contributed by atoms with Gasteiger partial charge in [-0.15, -0.1) is 0 Å². The second kappa shape index (κ2) is 40.9. The molecule has 0 spiro atoms. The molecule has 3 aliphatic carbocycles. The van der Waals surface area contributed by atoms with E-state index >= 15 is 0 Å². The van der Waals surface area contributed by atoms with Crippen LogP contribution in [0, 0.1) is 0 Å². The van der Waals surface area contributed by atoms with Crippen molar-refractivity contribution in [3.63, 3.8) is 0 Å². The SMILES string of the molecule is C=Cc1ccc(OCCCCC2(c3ccccc3)c3ccccc3-c3ccc(N(c4ccc(-c5ccccc5)cc4)c4ccc(-c5ccc6c(c5)C(c5ccc(CCCCCC)cc5)(c5ccc(CCCCCC)cc5)c5cc(-c7ccc(N(c8ccc(-c9ccccc9)cc8)c8ccc9c(c8)C(CCCCOc8ccc(C=C)cc8)(c8ccccc8)c8ccccc8-9)cc7)ccc5-6)cc4)cc32)cc1. The molecule has 2 unspecified atom stereocenters. The van der Waals surface area contributed by atoms with E-state index in [1.54, 1.807) is 0 Å². The maximum Gasteiger partial charge on any atom is 0.119 e. The standard InChI is InChI=1S/C135H120N2O2/c1-5-9-11-17-35-99-49-67-111(68-50-99)135(112-69-51-100(52-70-112)36-18-12-10-6-2)131-93-107(105-61-75-115(76-62-105)136(113-71-57-103(58-72-113)101-37-19-13-20-38-101)117-79-87-123-121-45-27-29-47-127(121)133(129(123)95-117,109-41-23-15-24-42-109)89-31-33-91-138-119-81-53-97(7-3)54-82-119)65-85-125(131)126-86-66-108(94-132(126)135)106-63-77-116(78-64-106)137(114-73-59-104(60-74-114)102-39-21-14-22-40-102)118-80-88-124-122-46-28-30-48-128(122)134(130(124)96-118,110-43-25-16-26-44-110)90-32-34-92-139-120-83-55-98(8-4)56-84-120/h7-8,13-16,19-30,37-88,93-96H,3-6,9-12,17-18,31-36,89-92H2,1-2H3. The van der Waals surface area contributed by atoms with Gasteiger partial charge in [0.1, 0.15) is 11.5 Å². The monoisotopic (exact) mass is 1800 g/mol. The predicted octanol–water partition coefficient (Wildman–Crippen LogP) is 36.3. The molecule has 0 amide bonds. The molecule has 21 rings (SSSR count). The first-order chi connectivity index (χ1) is 68.7. The van der Waals surface area contributed by atoms with Crippen LogP contribution in [0.15, 0.2) is 450 Å². The molecule has 3 aliphatic rings. The van der Waals surface area contributed by atoms with Gasteiger partial charge in [0, 0.05) is 45.0 Å². The van der Waals surface area contributed by atoms with Crippen molar-refractivity contribution >= 4 is 46.3 Å². The third-order valence-corrected chi connectivity index (χ3v) is 29.9. The third kappa shape index (κ3) is 17.8. The minimum Gasteiger partial charge on any atom is -0.494 e. The summed E-state index contributed by atoms with van der Waals surface area (Å²) in [5.41, 5.74) is 39.9. The molecule has 0 heterocycles. The molecule has 682 valence electrons. The summed E-state index contributed by atoms with van der Waals surface area (Å²) in [4.78, 5) is 4.96. The number of unbranched alkanes of at least 4 members (excludes halogenated alkanes) is 8. The molecule has 18 aromatic rings. The highest BCUT2D eigenvalue weighted by Crippen LogP contribution is 2.61. The lowest BCUT2D eigenvalue weighted by molar-refractivity contribution is 0.301. The van der Waals surface area contributed by atoms with Gasteiger partial charge >= 0.3 is 0 Å². The second-order valence-corrected chi connectivity index (χ2v) is 38.1. The van der Waals surface area contributed by atoms with Gasteiger partial charge in [0.2, 0.25) is 0 Å². The van der Waals surface area contributed by atoms with Crippen LogP contribution in [0.1, 0.15) is 182 Å². The van der Waals surface area contributed by atoms with E-state index in [2.05, 4.69) is 474 Å². The highest BCUT2D eigenvalue weighted by atomic mass is 16.5. The zero-order valence-corrected chi connectivity index (χ0v) is 80.1. The molecule has 0 N–H and O–H groups in total. The summed E-state index contributed by atoms with van der Waals surface area (Å²) in [6.07, 6.45) is 21.1. The molecule has 0 fully saturated rings. The van der Waals surface area contributed by atoms with Gasteiger partial charge in [-0.1, -0.05) is 405 Å². The summed E-state index contributed by atoms with van der Waals surface area (Å²) in [5.74, 6) is 1.76. The van der Waals surface area contributed by atoms with Crippen molar-refractivity contribution in [3.8, 4) is 89.4 Å². The Morgan fingerprint density at radius 1 is 0.230 bits per heavy atom. The molecule has 0 saturated carbocycles. The molecule has 139 heavy (non-hydrogen) atoms. The Labute approximate surface area is 823 Å². The predicted molar refractivity (Wildman–Crippen MR) is 586 cm³/mol. The topological polar surface area (TPSA) is 24.9 Å². The molecule has 0 aliphatic heterocycles. The molecule has 0 aromatic heterocycles. The number of nitrogens with zero attached hydrogens (tertiary/aromatic N) is 2. The number of rotatable bonds is 38. The van der Waals surface area contributed by atoms with Crippen molar-refractivity contribution in [1.82, 2.24) is 0 Å². The largest absolute Gasteiger partial charge is 0.494 e. The second-order valence-electron chi connectivity index (χ2n) is 38.1. The van der Waals surface area contributed by atoms with Crippen molar-refractivity contribution in [2.45, 2.75) is 133 Å². The summed E-state index contributed by atoms with van der Waals surface area (Å²) in [5, 5.41) is 0. The van der Waals surface area contributed by atoms with Gasteiger partial charge in [0.05, 0.1) is 18.6 Å². The van der Waals surface area contributed by atoms with Crippen molar-refractivity contribution in [3.05, 3.63) is 528 Å². The first-order valence-corrected chi connectivity index (χ1v) is 50.6. The van der Waals surface area contributed by atoms with Gasteiger partial charge in [-0.3, -0.25) is 0 Å². The van der Waals surface area contributed by atoms with Crippen LogP contribution in [0.3, 0.4) is 0 Å². The summed E-state index contributed by atoms with van der Waals surface area (Å²) in [6.45, 7) is 13.8. The first-order valence-electron chi connectivity index (χ1n) is 50.6. The number of anilines is 6. The van der Waals surface area contributed by atoms with E-state index in [0.29, 0.717) is 13.2 Å². The summed E-state index contributed by atoms with van der Waals surface area (Å²) in [6, 6.07) is 165. The van der Waals surface area contributed by atoms with E-state index < -0.39 is 16.2 Å². The first kappa shape index (κ1) is 90.1. The molecular formula is C135H120N2O2. The lowest BCUT2D eigenvalue weighted by Gasteiger charge is -2.35. The van der Waals surface area contributed by atoms with Gasteiger partial charge in [-0.25, -0.2) is 0 Å². The Bertz CT molecular complexity index is 6860. The fourth-order valence-corrected chi connectivity index (χ4v) is 22.8. The molecule has 4 heteroatoms. The number of hydrogen-bond donors (Lipinski definition) is 0. The molecule has 4 nitrogen and oxygen atoms in total. The molecular weight excluding hydrogens is 1680 g/mol. The van der Waals surface area contributed by atoms with Gasteiger partial charge < -0.3 is 19.3 Å². The molecule has 18 aromatic carbocycles. The Balaban J connectivity index is 0.667. The van der Waals surface area contributed by atoms with E-state index in [0.717, 1.165) is 119 Å². The smallest absolute Gasteiger partial charge is 0.119 e. The molecule has 0 bridgehead atoms. The Morgan fingerprint density at radius 2 is 0.532 bits per heavy atom. The van der Waals surface area contributed by atoms with Crippen molar-refractivity contribution in [1.29, 1.82) is 0 Å². The van der Waals surface area contributed by atoms with Crippen molar-refractivity contribution in [2.75, 3.05) is 23.0 Å². The van der Waals surface area contributed by atoms with Gasteiger partial charge in [0.25, 0.3) is 0 Å². The van der Waals surface area contributed by atoms with Crippen molar-refractivity contribution in [2.24, 2.45) is 0 Å². The van der Waals surface area contributed by atoms with Crippen LogP contribution in [0.2, 0.25) is 0 Å². The Kier molecular flexibility index (Phi) is 26.5. The lowest BCUT2D eigenvalue weighted by Crippen LogP contribution is -2.28. The number of hydrogen-bond acceptors (Lipinski definition) is 4. The fourth-order valence-electron chi connectivity index (χ4n) is 22.8. The molecule has 0 radical (unpaired) electrons. The highest BCUT2D eigenvalue weighted by molar-refractivity contribution is 5.94. The molecule has 2 atom stereocenters. The lowest BCUT2D eigenvalue weighted by atomic mass is 9.67. The van der Waals surface area contributed by atoms with Gasteiger partial charge in [-0.05, 0) is 329 Å². The zero-order valence-electron chi connectivity index (χ0n) is 80.1. The number of benzene rings is 18. The zero-order chi connectivity index (χ0) is 93.9. The fraction of sp³-hybridized carbons (Fsp3) is 0.170. The van der Waals surface area contributed by atoms with Crippen LogP contribution in [-0.2, 0) is 29.1 Å². The van der Waals surface area contributed by atoms with E-state index in [-0.39, 0.29) is 0 Å².